The lowest BCUT2D eigenvalue weighted by Gasteiger charge is -2.36. The molecule has 172 valence electrons. The molecule has 5 nitrogen and oxygen atoms in total. The van der Waals surface area contributed by atoms with Crippen molar-refractivity contribution in [1.29, 1.82) is 0 Å². The Morgan fingerprint density at radius 1 is 1.29 bits per heavy atom. The first kappa shape index (κ1) is 25.4. The third kappa shape index (κ3) is 6.33. The number of rotatable bonds is 1. The zero-order chi connectivity index (χ0) is 23.4. The minimum absolute atomic E-state index is 0.235. The van der Waals surface area contributed by atoms with Crippen LogP contribution in [0.25, 0.3) is 10.9 Å². The fourth-order valence-electron chi connectivity index (χ4n) is 3.83. The van der Waals surface area contributed by atoms with Gasteiger partial charge in [0.2, 0.25) is 0 Å². The number of hydrogen-bond donors (Lipinski definition) is 1. The molecule has 1 saturated heterocycles. The molecule has 0 bridgehead atoms. The Hall–Kier alpha value is -1.85. The number of methoxy groups -OCH3 is 1. The van der Waals surface area contributed by atoms with Crippen molar-refractivity contribution in [2.75, 3.05) is 13.7 Å². The van der Waals surface area contributed by atoms with E-state index in [1.54, 1.807) is 0 Å². The van der Waals surface area contributed by atoms with Crippen molar-refractivity contribution in [2.45, 2.75) is 79.4 Å². The highest BCUT2D eigenvalue weighted by Crippen LogP contribution is 2.42. The Balaban J connectivity index is 0.000000432. The second-order valence-electron chi connectivity index (χ2n) is 9.61. The van der Waals surface area contributed by atoms with Gasteiger partial charge in [0.25, 0.3) is 0 Å². The molecule has 2 aliphatic heterocycles. The molecule has 1 fully saturated rings. The first-order chi connectivity index (χ1) is 14.5. The monoisotopic (exact) mass is 448 g/mol. The van der Waals surface area contributed by atoms with Crippen molar-refractivity contribution >= 4 is 28.5 Å². The van der Waals surface area contributed by atoms with Gasteiger partial charge in [0.05, 0.1) is 18.3 Å². The molecular weight excluding hydrogens is 412 g/mol. The second-order valence-corrected chi connectivity index (χ2v) is 10.0. The summed E-state index contributed by atoms with van der Waals surface area (Å²) in [7, 11) is 1.41. The van der Waals surface area contributed by atoms with Gasteiger partial charge in [-0.05, 0) is 43.4 Å². The quantitative estimate of drug-likeness (QED) is 0.552. The molecule has 31 heavy (non-hydrogen) atoms. The van der Waals surface area contributed by atoms with Gasteiger partial charge in [-0.15, -0.1) is 0 Å². The summed E-state index contributed by atoms with van der Waals surface area (Å²) >= 11 is 6.16. The molecule has 0 saturated carbocycles. The van der Waals surface area contributed by atoms with Crippen LogP contribution in [0.4, 0.5) is 0 Å². The molecule has 0 amide bonds. The number of fused-ring (bicyclic) bond motifs is 3. The summed E-state index contributed by atoms with van der Waals surface area (Å²) in [6.07, 6.45) is 2.35. The molecule has 1 spiro atoms. The van der Waals surface area contributed by atoms with Crippen molar-refractivity contribution in [1.82, 2.24) is 10.3 Å². The number of ether oxygens (including phenoxy) is 2. The summed E-state index contributed by atoms with van der Waals surface area (Å²) in [6, 6.07) is 5.45. The molecule has 0 radical (unpaired) electrons. The standard InChI is InChI=1S/C18H19ClN2O3.C5H12.C2H6/c1-10-16-12(13-7-11(19)3-4-14(13)21-10)5-6-18(24-16)8-15(20-9-18)17(22)23-2;1-5(2,3)4;1-2/h3-4,7,15,20H,5-6,8-9H2,1-2H3;1-4H3;1-2H3. The Bertz CT molecular complexity index is 917. The second kappa shape index (κ2) is 10.2. The first-order valence-electron chi connectivity index (χ1n) is 11.1. The zero-order valence-electron chi connectivity index (χ0n) is 20.2. The van der Waals surface area contributed by atoms with Crippen LogP contribution in [0.5, 0.6) is 5.75 Å². The van der Waals surface area contributed by atoms with Crippen LogP contribution in [-0.4, -0.2) is 36.3 Å². The summed E-state index contributed by atoms with van der Waals surface area (Å²) < 4.78 is 11.3. The molecule has 3 heterocycles. The van der Waals surface area contributed by atoms with Gasteiger partial charge in [0.1, 0.15) is 17.4 Å². The van der Waals surface area contributed by atoms with Crippen LogP contribution in [0.2, 0.25) is 5.02 Å². The largest absolute Gasteiger partial charge is 0.484 e. The van der Waals surface area contributed by atoms with E-state index < -0.39 is 0 Å². The van der Waals surface area contributed by atoms with Crippen LogP contribution in [0.15, 0.2) is 18.2 Å². The lowest BCUT2D eigenvalue weighted by atomic mass is 9.87. The number of halogens is 1. The third-order valence-electron chi connectivity index (χ3n) is 5.06. The summed E-state index contributed by atoms with van der Waals surface area (Å²) in [4.78, 5) is 16.5. The molecule has 1 aromatic carbocycles. The van der Waals surface area contributed by atoms with Crippen molar-refractivity contribution in [3.8, 4) is 5.75 Å². The lowest BCUT2D eigenvalue weighted by Crippen LogP contribution is -2.42. The van der Waals surface area contributed by atoms with E-state index in [0.29, 0.717) is 23.4 Å². The molecule has 2 aromatic rings. The van der Waals surface area contributed by atoms with Crippen molar-refractivity contribution in [3.05, 3.63) is 34.5 Å². The Labute approximate surface area is 191 Å². The van der Waals surface area contributed by atoms with Gasteiger partial charge in [0, 0.05) is 28.9 Å². The number of hydrogen-bond acceptors (Lipinski definition) is 5. The van der Waals surface area contributed by atoms with Gasteiger partial charge in [-0.25, -0.2) is 4.98 Å². The highest BCUT2D eigenvalue weighted by molar-refractivity contribution is 6.31. The Morgan fingerprint density at radius 2 is 1.94 bits per heavy atom. The average molecular weight is 449 g/mol. The molecule has 6 heteroatoms. The molecule has 2 atom stereocenters. The van der Waals surface area contributed by atoms with Crippen molar-refractivity contribution in [2.24, 2.45) is 5.41 Å². The van der Waals surface area contributed by atoms with Gasteiger partial charge < -0.3 is 14.8 Å². The number of esters is 1. The topological polar surface area (TPSA) is 60.5 Å². The number of nitrogens with one attached hydrogen (secondary N) is 1. The van der Waals surface area contributed by atoms with Crippen LogP contribution in [-0.2, 0) is 16.0 Å². The number of carbonyl (C=O) groups excluding carboxylic acids is 1. The third-order valence-corrected chi connectivity index (χ3v) is 5.29. The molecule has 1 aromatic heterocycles. The van der Waals surface area contributed by atoms with Gasteiger partial charge in [-0.3, -0.25) is 4.79 Å². The molecular formula is C25H37ClN2O3. The van der Waals surface area contributed by atoms with E-state index in [-0.39, 0.29) is 17.6 Å². The lowest BCUT2D eigenvalue weighted by molar-refractivity contribution is -0.143. The van der Waals surface area contributed by atoms with E-state index in [4.69, 9.17) is 21.1 Å². The minimum Gasteiger partial charge on any atom is -0.484 e. The average Bonchev–Trinajstić information content (AvgIpc) is 3.12. The van der Waals surface area contributed by atoms with Crippen molar-refractivity contribution < 1.29 is 14.3 Å². The molecule has 4 rings (SSSR count). The minimum atomic E-state index is -0.370. The number of pyridine rings is 1. The van der Waals surface area contributed by atoms with Crippen LogP contribution >= 0.6 is 11.6 Å². The summed E-state index contributed by atoms with van der Waals surface area (Å²) in [5.74, 6) is 0.602. The van der Waals surface area contributed by atoms with Gasteiger partial charge in [-0.2, -0.15) is 0 Å². The SMILES string of the molecule is CC.CC(C)(C)C.COC(=O)C1CC2(CCc3c(c(C)nc4ccc(Cl)cc34)O2)CN1. The molecule has 2 unspecified atom stereocenters. The van der Waals surface area contributed by atoms with Gasteiger partial charge in [-0.1, -0.05) is 53.1 Å². The van der Waals surface area contributed by atoms with Crippen LogP contribution < -0.4 is 10.1 Å². The van der Waals surface area contributed by atoms with Gasteiger partial charge in [0.15, 0.2) is 0 Å². The predicted molar refractivity (Wildman–Crippen MR) is 128 cm³/mol. The van der Waals surface area contributed by atoms with E-state index in [9.17, 15) is 4.79 Å². The summed E-state index contributed by atoms with van der Waals surface area (Å²) in [5, 5.41) is 4.97. The fourth-order valence-corrected chi connectivity index (χ4v) is 4.00. The van der Waals surface area contributed by atoms with E-state index >= 15 is 0 Å². The van der Waals surface area contributed by atoms with E-state index in [1.807, 2.05) is 39.0 Å². The smallest absolute Gasteiger partial charge is 0.323 e. The van der Waals surface area contributed by atoms with E-state index in [0.717, 1.165) is 40.8 Å². The maximum absolute atomic E-state index is 11.8. The number of carbonyl (C=O) groups is 1. The van der Waals surface area contributed by atoms with E-state index in [2.05, 4.69) is 38.0 Å². The molecule has 0 aliphatic carbocycles. The Morgan fingerprint density at radius 3 is 2.55 bits per heavy atom. The Kier molecular flexibility index (Phi) is 8.34. The first-order valence-corrected chi connectivity index (χ1v) is 11.5. The fraction of sp³-hybridized carbons (Fsp3) is 0.600. The number of benzene rings is 1. The maximum Gasteiger partial charge on any atom is 0.323 e. The maximum atomic E-state index is 11.8. The number of aromatic nitrogens is 1. The van der Waals surface area contributed by atoms with E-state index in [1.165, 1.54) is 7.11 Å². The zero-order valence-corrected chi connectivity index (χ0v) is 20.9. The highest BCUT2D eigenvalue weighted by Gasteiger charge is 2.46. The number of nitrogens with zero attached hydrogens (tertiary/aromatic N) is 1. The molecule has 2 aliphatic rings. The van der Waals surface area contributed by atoms with Crippen LogP contribution in [0.3, 0.4) is 0 Å². The van der Waals surface area contributed by atoms with Crippen molar-refractivity contribution in [3.63, 3.8) is 0 Å². The van der Waals surface area contributed by atoms with Gasteiger partial charge >= 0.3 is 5.97 Å². The highest BCUT2D eigenvalue weighted by atomic mass is 35.5. The predicted octanol–water partition coefficient (Wildman–Crippen LogP) is 5.87. The van der Waals surface area contributed by atoms with Crippen LogP contribution in [0.1, 0.15) is 65.6 Å². The number of aryl methyl sites for hydroxylation is 2. The van der Waals surface area contributed by atoms with Crippen LogP contribution in [0, 0.1) is 12.3 Å². The molecule has 1 N–H and O–H groups in total. The normalized spacial score (nSPS) is 21.9. The summed E-state index contributed by atoms with van der Waals surface area (Å²) in [5.41, 5.74) is 3.10. The summed E-state index contributed by atoms with van der Waals surface area (Å²) in [6.45, 7) is 15.4.